The van der Waals surface area contributed by atoms with Gasteiger partial charge in [-0.25, -0.2) is 4.98 Å². The van der Waals surface area contributed by atoms with Crippen molar-refractivity contribution in [3.05, 3.63) is 91.0 Å². The van der Waals surface area contributed by atoms with Crippen LogP contribution in [0.4, 0.5) is 5.69 Å². The third kappa shape index (κ3) is 5.08. The van der Waals surface area contributed by atoms with Crippen LogP contribution in [0, 0.1) is 11.3 Å². The summed E-state index contributed by atoms with van der Waals surface area (Å²) < 4.78 is 6.10. The van der Waals surface area contributed by atoms with Gasteiger partial charge in [0.2, 0.25) is 5.91 Å². The van der Waals surface area contributed by atoms with Gasteiger partial charge in [-0.3, -0.25) is 4.79 Å². The number of rotatable bonds is 8. The van der Waals surface area contributed by atoms with Crippen LogP contribution in [0.5, 0.6) is 0 Å². The minimum absolute atomic E-state index is 0.0998. The Kier molecular flexibility index (Phi) is 7.01. The van der Waals surface area contributed by atoms with E-state index in [0.29, 0.717) is 17.5 Å². The Hall–Kier alpha value is -3.82. The Morgan fingerprint density at radius 3 is 2.12 bits per heavy atom. The van der Waals surface area contributed by atoms with Crippen LogP contribution in [-0.2, 0) is 4.79 Å². The van der Waals surface area contributed by atoms with Crippen LogP contribution in [0.1, 0.15) is 6.42 Å². The van der Waals surface area contributed by atoms with Crippen LogP contribution in [-0.4, -0.2) is 23.2 Å². The average Bonchev–Trinajstić information content (AvgIpc) is 3.29. The number of hydrogen-bond donors (Lipinski definition) is 0. The summed E-state index contributed by atoms with van der Waals surface area (Å²) in [5.74, 6) is 0.733. The van der Waals surface area contributed by atoms with Crippen LogP contribution >= 0.6 is 11.8 Å². The molecule has 4 rings (SSSR count). The molecule has 1 amide bonds. The molecule has 0 aliphatic heterocycles. The molecule has 0 saturated carbocycles. The lowest BCUT2D eigenvalue weighted by Crippen LogP contribution is -2.33. The number of hydrogen-bond acceptors (Lipinski definition) is 5. The summed E-state index contributed by atoms with van der Waals surface area (Å²) in [6, 6.07) is 31.2. The number of nitriles is 1. The fourth-order valence-electron chi connectivity index (χ4n) is 3.31. The maximum atomic E-state index is 13.0. The van der Waals surface area contributed by atoms with Crippen LogP contribution in [0.15, 0.2) is 101 Å². The molecule has 4 aromatic rings. The van der Waals surface area contributed by atoms with Crippen molar-refractivity contribution in [1.29, 1.82) is 5.26 Å². The molecule has 0 fully saturated rings. The topological polar surface area (TPSA) is 70.1 Å². The Bertz CT molecular complexity index is 1150. The first-order chi connectivity index (χ1) is 15.8. The zero-order valence-electron chi connectivity index (χ0n) is 17.3. The zero-order valence-corrected chi connectivity index (χ0v) is 18.2. The second kappa shape index (κ2) is 10.5. The third-order valence-corrected chi connectivity index (χ3v) is 5.64. The van der Waals surface area contributed by atoms with Crippen LogP contribution < -0.4 is 4.90 Å². The maximum absolute atomic E-state index is 13.0. The number of carbonyl (C=O) groups excluding carboxylic acids is 1. The SMILES string of the molecule is N#CCCN(C(=O)CSc1nc(-c2ccccc2)c(-c2ccccc2)o1)c1ccccc1. The van der Waals surface area contributed by atoms with Gasteiger partial charge in [0.1, 0.15) is 5.69 Å². The largest absolute Gasteiger partial charge is 0.431 e. The van der Waals surface area contributed by atoms with E-state index in [9.17, 15) is 4.79 Å². The number of carbonyl (C=O) groups is 1. The second-order valence-electron chi connectivity index (χ2n) is 6.97. The van der Waals surface area contributed by atoms with Gasteiger partial charge in [0, 0.05) is 23.4 Å². The molecule has 32 heavy (non-hydrogen) atoms. The molecule has 0 radical (unpaired) electrons. The van der Waals surface area contributed by atoms with E-state index in [4.69, 9.17) is 14.7 Å². The highest BCUT2D eigenvalue weighted by Crippen LogP contribution is 2.35. The summed E-state index contributed by atoms with van der Waals surface area (Å²) in [5.41, 5.74) is 3.40. The van der Waals surface area contributed by atoms with E-state index in [2.05, 4.69) is 6.07 Å². The van der Waals surface area contributed by atoms with Gasteiger partial charge in [-0.05, 0) is 12.1 Å². The molecule has 0 unspecified atom stereocenters. The van der Waals surface area contributed by atoms with Crippen molar-refractivity contribution in [3.63, 3.8) is 0 Å². The summed E-state index contributed by atoms with van der Waals surface area (Å²) in [7, 11) is 0. The summed E-state index contributed by atoms with van der Waals surface area (Å²) in [6.07, 6.45) is 0.264. The van der Waals surface area contributed by atoms with Crippen molar-refractivity contribution >= 4 is 23.4 Å². The molecule has 158 valence electrons. The number of para-hydroxylation sites is 1. The normalized spacial score (nSPS) is 10.5. The van der Waals surface area contributed by atoms with Crippen molar-refractivity contribution in [1.82, 2.24) is 4.98 Å². The van der Waals surface area contributed by atoms with Crippen LogP contribution in [0.25, 0.3) is 22.6 Å². The quantitative estimate of drug-likeness (QED) is 0.313. The van der Waals surface area contributed by atoms with Gasteiger partial charge in [-0.1, -0.05) is 90.6 Å². The van der Waals surface area contributed by atoms with Gasteiger partial charge >= 0.3 is 0 Å². The Balaban J connectivity index is 1.57. The van der Waals surface area contributed by atoms with Crippen molar-refractivity contribution in [3.8, 4) is 28.7 Å². The Morgan fingerprint density at radius 2 is 1.50 bits per heavy atom. The lowest BCUT2D eigenvalue weighted by atomic mass is 10.1. The molecule has 0 N–H and O–H groups in total. The predicted octanol–water partition coefficient (Wildman–Crippen LogP) is 6.05. The molecular formula is C26H21N3O2S. The molecule has 1 aromatic heterocycles. The first kappa shape index (κ1) is 21.4. The van der Waals surface area contributed by atoms with E-state index in [1.807, 2.05) is 91.0 Å². The van der Waals surface area contributed by atoms with Crippen molar-refractivity contribution < 1.29 is 9.21 Å². The van der Waals surface area contributed by atoms with Gasteiger partial charge in [0.05, 0.1) is 18.2 Å². The summed E-state index contributed by atoms with van der Waals surface area (Å²) in [5, 5.41) is 9.42. The lowest BCUT2D eigenvalue weighted by Gasteiger charge is -2.21. The fraction of sp³-hybridized carbons (Fsp3) is 0.115. The molecule has 0 aliphatic rings. The summed E-state index contributed by atoms with van der Waals surface area (Å²) >= 11 is 1.26. The van der Waals surface area contributed by atoms with Crippen LogP contribution in [0.3, 0.4) is 0 Å². The van der Waals surface area contributed by atoms with Gasteiger partial charge in [0.15, 0.2) is 5.76 Å². The number of nitrogens with zero attached hydrogens (tertiary/aromatic N) is 3. The number of thioether (sulfide) groups is 1. The van der Waals surface area contributed by atoms with E-state index in [-0.39, 0.29) is 18.1 Å². The molecule has 0 atom stereocenters. The lowest BCUT2D eigenvalue weighted by molar-refractivity contribution is -0.116. The highest BCUT2D eigenvalue weighted by molar-refractivity contribution is 7.99. The molecule has 3 aromatic carbocycles. The highest BCUT2D eigenvalue weighted by atomic mass is 32.2. The maximum Gasteiger partial charge on any atom is 0.257 e. The van der Waals surface area contributed by atoms with E-state index >= 15 is 0 Å². The number of oxazole rings is 1. The molecule has 0 spiro atoms. The molecule has 0 bridgehead atoms. The smallest absolute Gasteiger partial charge is 0.257 e. The number of aromatic nitrogens is 1. The van der Waals surface area contributed by atoms with E-state index in [1.165, 1.54) is 11.8 Å². The van der Waals surface area contributed by atoms with Gasteiger partial charge in [-0.15, -0.1) is 0 Å². The summed E-state index contributed by atoms with van der Waals surface area (Å²) in [4.78, 5) is 19.3. The Morgan fingerprint density at radius 1 is 0.906 bits per heavy atom. The standard InChI is InChI=1S/C26H21N3O2S/c27-17-10-18-29(22-15-8-3-9-16-22)23(30)19-32-26-28-24(20-11-4-1-5-12-20)25(31-26)21-13-6-2-7-14-21/h1-9,11-16H,10,18-19H2. The summed E-state index contributed by atoms with van der Waals surface area (Å²) in [6.45, 7) is 0.343. The number of amides is 1. The van der Waals surface area contributed by atoms with Crippen molar-refractivity contribution in [2.45, 2.75) is 11.6 Å². The average molecular weight is 440 g/mol. The van der Waals surface area contributed by atoms with Crippen LogP contribution in [0.2, 0.25) is 0 Å². The van der Waals surface area contributed by atoms with Crippen molar-refractivity contribution in [2.24, 2.45) is 0 Å². The minimum Gasteiger partial charge on any atom is -0.431 e. The van der Waals surface area contributed by atoms with Gasteiger partial charge < -0.3 is 9.32 Å². The second-order valence-corrected chi connectivity index (χ2v) is 7.89. The predicted molar refractivity (Wildman–Crippen MR) is 127 cm³/mol. The molecule has 0 aliphatic carbocycles. The monoisotopic (exact) mass is 439 g/mol. The van der Waals surface area contributed by atoms with Gasteiger partial charge in [0.25, 0.3) is 5.22 Å². The molecule has 0 saturated heterocycles. The molecular weight excluding hydrogens is 418 g/mol. The molecule has 1 heterocycles. The minimum atomic E-state index is -0.0998. The molecule has 6 heteroatoms. The first-order valence-corrected chi connectivity index (χ1v) is 11.2. The Labute approximate surface area is 191 Å². The fourth-order valence-corrected chi connectivity index (χ4v) is 4.01. The highest BCUT2D eigenvalue weighted by Gasteiger charge is 2.20. The third-order valence-electron chi connectivity index (χ3n) is 4.83. The number of benzene rings is 3. The van der Waals surface area contributed by atoms with E-state index in [0.717, 1.165) is 22.5 Å². The first-order valence-electron chi connectivity index (χ1n) is 10.2. The zero-order chi connectivity index (χ0) is 22.2. The van der Waals surface area contributed by atoms with Gasteiger partial charge in [-0.2, -0.15) is 5.26 Å². The van der Waals surface area contributed by atoms with E-state index < -0.39 is 0 Å². The van der Waals surface area contributed by atoms with E-state index in [1.54, 1.807) is 4.90 Å². The number of anilines is 1. The molecule has 5 nitrogen and oxygen atoms in total. The van der Waals surface area contributed by atoms with Crippen molar-refractivity contribution in [2.75, 3.05) is 17.2 Å².